The third kappa shape index (κ3) is 12.3. The fraction of sp³-hybridized carbons (Fsp3) is 0.681. The lowest BCUT2D eigenvalue weighted by Crippen LogP contribution is -2.53. The number of nitrogens with zero attached hydrogens (tertiary/aromatic N) is 1. The molecule has 1 amide bonds. The van der Waals surface area contributed by atoms with E-state index in [-0.39, 0.29) is 66.4 Å². The van der Waals surface area contributed by atoms with Gasteiger partial charge in [0.1, 0.15) is 11.3 Å². The number of allylic oxidation sites excluding steroid dienone is 2. The minimum Gasteiger partial charge on any atom is -0.511 e. The van der Waals surface area contributed by atoms with E-state index < -0.39 is 65.8 Å². The zero-order valence-electron chi connectivity index (χ0n) is 37.0. The van der Waals surface area contributed by atoms with Crippen molar-refractivity contribution < 1.29 is 50.4 Å². The molecule has 0 aromatic rings. The first-order valence-corrected chi connectivity index (χ1v) is 22.2. The van der Waals surface area contributed by atoms with Gasteiger partial charge in [-0.1, -0.05) is 68.9 Å². The third-order valence-corrected chi connectivity index (χ3v) is 14.1. The summed E-state index contributed by atoms with van der Waals surface area (Å²) >= 11 is 0. The maximum Gasteiger partial charge on any atom is 0.258 e. The summed E-state index contributed by atoms with van der Waals surface area (Å²) in [6.07, 6.45) is 11.4. The number of hydrogen-bond acceptors (Lipinski definition) is 11. The Labute approximate surface area is 361 Å². The molecule has 61 heavy (non-hydrogen) atoms. The quantitative estimate of drug-likeness (QED) is 0.0223. The van der Waals surface area contributed by atoms with Crippen molar-refractivity contribution in [2.45, 2.75) is 155 Å². The zero-order valence-corrected chi connectivity index (χ0v) is 37.0. The van der Waals surface area contributed by atoms with Crippen molar-refractivity contribution in [3.05, 3.63) is 70.6 Å². The Balaban J connectivity index is 1.28. The van der Waals surface area contributed by atoms with E-state index in [1.165, 1.54) is 0 Å². The zero-order chi connectivity index (χ0) is 45.3. The molecule has 0 unspecified atom stereocenters. The van der Waals surface area contributed by atoms with Gasteiger partial charge >= 0.3 is 0 Å². The van der Waals surface area contributed by atoms with Gasteiger partial charge in [0.2, 0.25) is 0 Å². The molecule has 1 saturated carbocycles. The van der Waals surface area contributed by atoms with Crippen LogP contribution in [0, 0.1) is 40.4 Å². The molecule has 0 spiro atoms. The molecule has 4 aliphatic rings. The van der Waals surface area contributed by atoms with Crippen LogP contribution in [0.3, 0.4) is 0 Å². The molecule has 0 bridgehead atoms. The third-order valence-electron chi connectivity index (χ3n) is 14.1. The molecule has 14 nitrogen and oxygen atoms in total. The Morgan fingerprint density at radius 2 is 1.69 bits per heavy atom. The van der Waals surface area contributed by atoms with Gasteiger partial charge in [-0.2, -0.15) is 0 Å². The van der Waals surface area contributed by atoms with Gasteiger partial charge in [0.25, 0.3) is 5.91 Å². The minimum absolute atomic E-state index is 0.0283. The summed E-state index contributed by atoms with van der Waals surface area (Å²) in [5, 5.41) is 97.4. The van der Waals surface area contributed by atoms with Crippen LogP contribution in [0.5, 0.6) is 0 Å². The van der Waals surface area contributed by atoms with E-state index in [1.54, 1.807) is 44.2 Å². The second-order valence-corrected chi connectivity index (χ2v) is 18.5. The number of guanidine groups is 1. The van der Waals surface area contributed by atoms with Crippen molar-refractivity contribution in [1.29, 1.82) is 5.41 Å². The van der Waals surface area contributed by atoms with E-state index >= 15 is 0 Å². The van der Waals surface area contributed by atoms with Crippen LogP contribution in [0.4, 0.5) is 0 Å². The Kier molecular flexibility index (Phi) is 18.1. The second kappa shape index (κ2) is 22.1. The Morgan fingerprint density at radius 1 is 1.00 bits per heavy atom. The van der Waals surface area contributed by atoms with E-state index in [1.807, 2.05) is 44.7 Å². The van der Waals surface area contributed by atoms with E-state index in [2.05, 4.69) is 5.32 Å². The largest absolute Gasteiger partial charge is 0.511 e. The van der Waals surface area contributed by atoms with Gasteiger partial charge in [-0.25, -0.2) is 0 Å². The molecule has 2 heterocycles. The smallest absolute Gasteiger partial charge is 0.258 e. The van der Waals surface area contributed by atoms with Crippen molar-refractivity contribution >= 4 is 17.6 Å². The highest BCUT2D eigenvalue weighted by Gasteiger charge is 2.56. The van der Waals surface area contributed by atoms with Gasteiger partial charge in [-0.05, 0) is 114 Å². The number of rotatable bonds is 19. The number of fused-ring (bicyclic) bond motifs is 1. The summed E-state index contributed by atoms with van der Waals surface area (Å²) in [6, 6.07) is 0.0491. The fourth-order valence-electron chi connectivity index (χ4n) is 10.0. The maximum atomic E-state index is 12.8. The number of carbonyl (C=O) groups is 2. The normalized spacial score (nSPS) is 32.0. The molecule has 342 valence electrons. The van der Waals surface area contributed by atoms with Gasteiger partial charge < -0.3 is 56.8 Å². The number of likely N-dealkylation sites (tertiary alicyclic amines) is 1. The molecule has 4 rings (SSSR count). The van der Waals surface area contributed by atoms with Crippen LogP contribution in [-0.4, -0.2) is 125 Å². The van der Waals surface area contributed by atoms with Crippen LogP contribution in [0.15, 0.2) is 70.6 Å². The molecule has 0 aromatic carbocycles. The highest BCUT2D eigenvalue weighted by Crippen LogP contribution is 2.58. The summed E-state index contributed by atoms with van der Waals surface area (Å²) in [5.41, 5.74) is 6.61. The Bertz CT molecular complexity index is 1720. The van der Waals surface area contributed by atoms with Crippen molar-refractivity contribution in [2.24, 2.45) is 40.7 Å². The first-order valence-electron chi connectivity index (χ1n) is 22.2. The summed E-state index contributed by atoms with van der Waals surface area (Å²) in [4.78, 5) is 27.3. The standard InChI is InChI=1S/C47H74N4O10/c1-26(37(54)10-7-11-38(55)27(2)13-18-33(53)24-31-9-8-22-51(31)46(48)49)12-16-32(52)17-14-28(3)42(58)29(4)15-19-35-30(5)23-34-36(20-21-39(56)43(34)59)47(35,6)44(60)41-40(57)25-50-45(41)61/h7,10,12-14,16,23,26,29,31-39,42-43,52-56,58-60H,8-9,11,15,17-22,24-25H2,1-6H3,(H3,48,49)(H,50,61)/b10-7+,16-12+,27-13+,28-14+,44-41?/t26-,29+,31+,32-,33-,34-,35-,36+,37-,38+,39-,42-,43-,47-/m0/s1. The van der Waals surface area contributed by atoms with Crippen LogP contribution in [-0.2, 0) is 9.59 Å². The number of carbonyl (C=O) groups excluding carboxylic acids is 2. The topological polar surface area (TPSA) is 261 Å². The lowest BCUT2D eigenvalue weighted by molar-refractivity contribution is -0.118. The predicted molar refractivity (Wildman–Crippen MR) is 235 cm³/mol. The average molecular weight is 855 g/mol. The number of Topliss-reactive ketones (excluding diaryl/α,β-unsaturated/α-hetero) is 1. The van der Waals surface area contributed by atoms with Gasteiger partial charge in [0.05, 0.1) is 49.3 Å². The highest BCUT2D eigenvalue weighted by molar-refractivity contribution is 6.25. The lowest BCUT2D eigenvalue weighted by atomic mass is 9.51. The highest BCUT2D eigenvalue weighted by atomic mass is 16.3. The van der Waals surface area contributed by atoms with Crippen molar-refractivity contribution in [3.8, 4) is 0 Å². The molecule has 3 fully saturated rings. The fourth-order valence-corrected chi connectivity index (χ4v) is 10.0. The molecule has 0 radical (unpaired) electrons. The second-order valence-electron chi connectivity index (χ2n) is 18.5. The van der Waals surface area contributed by atoms with Crippen molar-refractivity contribution in [1.82, 2.24) is 10.2 Å². The number of hydrogen-bond donors (Lipinski definition) is 11. The molecule has 2 saturated heterocycles. The molecular weight excluding hydrogens is 781 g/mol. The van der Waals surface area contributed by atoms with Crippen molar-refractivity contribution in [2.75, 3.05) is 13.1 Å². The molecule has 12 N–H and O–H groups in total. The van der Waals surface area contributed by atoms with Crippen molar-refractivity contribution in [3.63, 3.8) is 0 Å². The SMILES string of the molecule is CC1=C[C@@H]2[C@H](O)[C@@H](O)CC[C@H]2[C@@](C)(C(O)=C2C(=O)CNC2=O)[C@H]1CC[C@@H](C)[C@@H](O)/C(C)=C/C[C@@H](O)/C=C/[C@H](C)[C@@H](O)/C=C/C[C@@H](O)/C(C)=C/C[C@H](O)C[C@H]1CCCN1C(=N)N. The first-order chi connectivity index (χ1) is 28.7. The number of aliphatic hydroxyl groups is 8. The minimum atomic E-state index is -1.08. The number of aliphatic hydroxyl groups excluding tert-OH is 8. The van der Waals surface area contributed by atoms with Gasteiger partial charge in [0, 0.05) is 29.8 Å². The van der Waals surface area contributed by atoms with E-state index in [0.717, 1.165) is 30.5 Å². The van der Waals surface area contributed by atoms with Gasteiger partial charge in [-0.3, -0.25) is 15.0 Å². The summed E-state index contributed by atoms with van der Waals surface area (Å²) in [7, 11) is 0. The lowest BCUT2D eigenvalue weighted by Gasteiger charge is -2.54. The Morgan fingerprint density at radius 3 is 2.34 bits per heavy atom. The summed E-state index contributed by atoms with van der Waals surface area (Å²) < 4.78 is 0. The van der Waals surface area contributed by atoms with Gasteiger partial charge in [-0.15, -0.1) is 0 Å². The molecule has 14 atom stereocenters. The van der Waals surface area contributed by atoms with Crippen LogP contribution in [0.25, 0.3) is 0 Å². The summed E-state index contributed by atoms with van der Waals surface area (Å²) in [5.74, 6) is -3.02. The maximum absolute atomic E-state index is 12.8. The van der Waals surface area contributed by atoms with Crippen LogP contribution < -0.4 is 11.1 Å². The van der Waals surface area contributed by atoms with E-state index in [9.17, 15) is 50.4 Å². The van der Waals surface area contributed by atoms with E-state index in [4.69, 9.17) is 11.1 Å². The van der Waals surface area contributed by atoms with Crippen LogP contribution >= 0.6 is 0 Å². The molecule has 0 aromatic heterocycles. The summed E-state index contributed by atoms with van der Waals surface area (Å²) in [6.45, 7) is 11.6. The molecule has 14 heteroatoms. The van der Waals surface area contributed by atoms with E-state index in [0.29, 0.717) is 44.1 Å². The van der Waals surface area contributed by atoms with Gasteiger partial charge in [0.15, 0.2) is 11.7 Å². The number of nitrogens with one attached hydrogen (secondary N) is 2. The monoisotopic (exact) mass is 855 g/mol. The molecular formula is C47H74N4O10. The average Bonchev–Trinajstić information content (AvgIpc) is 3.83. The molecule has 2 aliphatic heterocycles. The predicted octanol–water partition coefficient (Wildman–Crippen LogP) is 3.61. The van der Waals surface area contributed by atoms with Crippen LogP contribution in [0.2, 0.25) is 0 Å². The van der Waals surface area contributed by atoms with Crippen LogP contribution in [0.1, 0.15) is 106 Å². The number of ketones is 1. The number of nitrogens with two attached hydrogens (primary N) is 1. The first kappa shape index (κ1) is 50.0. The Hall–Kier alpha value is -3.63. The molecule has 2 aliphatic carbocycles. The number of amides is 1.